The molecule has 0 atom stereocenters. The molecule has 2 saturated heterocycles. The largest absolute Gasteiger partial charge is 0.372 e. The minimum absolute atomic E-state index is 0.322. The van der Waals surface area contributed by atoms with Crippen LogP contribution in [0.5, 0.6) is 0 Å². The molecule has 2 aromatic carbocycles. The molecule has 2 aromatic rings. The summed E-state index contributed by atoms with van der Waals surface area (Å²) in [5.41, 5.74) is 3.78. The van der Waals surface area contributed by atoms with Gasteiger partial charge < -0.3 is 10.2 Å². The van der Waals surface area contributed by atoms with E-state index < -0.39 is 21.7 Å². The Morgan fingerprint density at radius 2 is 1.41 bits per heavy atom. The first-order valence-electron chi connectivity index (χ1n) is 12.4. The highest BCUT2D eigenvalue weighted by molar-refractivity contribution is 7.93. The van der Waals surface area contributed by atoms with Crippen LogP contribution in [0.3, 0.4) is 0 Å². The first-order chi connectivity index (χ1) is 16.5. The van der Waals surface area contributed by atoms with Gasteiger partial charge in [0.2, 0.25) is 15.9 Å². The summed E-state index contributed by atoms with van der Waals surface area (Å²) in [6.07, 6.45) is 7.38. The van der Waals surface area contributed by atoms with Crippen molar-refractivity contribution in [3.05, 3.63) is 59.7 Å². The summed E-state index contributed by atoms with van der Waals surface area (Å²) in [6.45, 7) is 5.45. The van der Waals surface area contributed by atoms with E-state index in [1.807, 2.05) is 30.3 Å². The average molecular weight is 485 g/mol. The van der Waals surface area contributed by atoms with Crippen molar-refractivity contribution in [3.63, 3.8) is 0 Å². The molecule has 0 spiro atoms. The number of hydrogen-bond acceptors (Lipinski definition) is 5. The number of likely N-dealkylation sites (tertiary alicyclic amines) is 1. The number of carbonyl (C=O) groups excluding carboxylic acids is 1. The average Bonchev–Trinajstić information content (AvgIpc) is 2.85. The number of rotatable bonds is 9. The molecule has 0 aromatic heterocycles. The van der Waals surface area contributed by atoms with Crippen molar-refractivity contribution >= 4 is 27.3 Å². The van der Waals surface area contributed by atoms with E-state index in [0.717, 1.165) is 44.0 Å². The summed E-state index contributed by atoms with van der Waals surface area (Å²) in [6, 6.07) is 15.4. The van der Waals surface area contributed by atoms with E-state index in [4.69, 9.17) is 0 Å². The zero-order chi connectivity index (χ0) is 23.8. The van der Waals surface area contributed by atoms with Gasteiger partial charge in [-0.05, 0) is 80.6 Å². The molecule has 2 aliphatic rings. The van der Waals surface area contributed by atoms with Gasteiger partial charge in [-0.3, -0.25) is 14.4 Å². The first-order valence-corrected chi connectivity index (χ1v) is 14.1. The van der Waals surface area contributed by atoms with E-state index in [9.17, 15) is 13.2 Å². The van der Waals surface area contributed by atoms with Crippen LogP contribution in [0.25, 0.3) is 0 Å². The molecule has 0 unspecified atom stereocenters. The van der Waals surface area contributed by atoms with Crippen LogP contribution in [0.4, 0.5) is 11.4 Å². The highest BCUT2D eigenvalue weighted by Gasteiger charge is 2.18. The standard InChI is InChI=1S/C26H36N4O3S/c31-26(27-19-22-9-3-4-10-23(22)20-29-15-5-1-6-16-29)21-34(32,33)28-24-11-13-25(14-12-24)30-17-7-2-8-18-30/h3-4,9-14,28H,1-2,5-8,15-21H2,(H,27,31). The lowest BCUT2D eigenvalue weighted by atomic mass is 10.0. The smallest absolute Gasteiger partial charge is 0.241 e. The minimum Gasteiger partial charge on any atom is -0.372 e. The molecule has 2 N–H and O–H groups in total. The van der Waals surface area contributed by atoms with Crippen molar-refractivity contribution in [2.24, 2.45) is 0 Å². The van der Waals surface area contributed by atoms with Crippen molar-refractivity contribution in [3.8, 4) is 0 Å². The molecule has 7 nitrogen and oxygen atoms in total. The number of nitrogens with zero attached hydrogens (tertiary/aromatic N) is 2. The second kappa shape index (κ2) is 11.7. The maximum atomic E-state index is 12.5. The van der Waals surface area contributed by atoms with E-state index in [1.165, 1.54) is 44.1 Å². The van der Waals surface area contributed by atoms with Gasteiger partial charge in [0, 0.05) is 37.6 Å². The Balaban J connectivity index is 1.28. The second-order valence-corrected chi connectivity index (χ2v) is 11.1. The van der Waals surface area contributed by atoms with E-state index in [1.54, 1.807) is 12.1 Å². The Bertz CT molecular complexity index is 1040. The Morgan fingerprint density at radius 1 is 0.794 bits per heavy atom. The minimum atomic E-state index is -3.79. The number of sulfonamides is 1. The van der Waals surface area contributed by atoms with E-state index in [-0.39, 0.29) is 0 Å². The number of nitrogens with one attached hydrogen (secondary N) is 2. The molecule has 2 heterocycles. The fourth-order valence-corrected chi connectivity index (χ4v) is 5.78. The zero-order valence-electron chi connectivity index (χ0n) is 19.8. The normalized spacial score (nSPS) is 17.4. The number of piperidine rings is 2. The van der Waals surface area contributed by atoms with Crippen molar-refractivity contribution < 1.29 is 13.2 Å². The van der Waals surface area contributed by atoms with Gasteiger partial charge in [-0.15, -0.1) is 0 Å². The van der Waals surface area contributed by atoms with Crippen LogP contribution in [0.15, 0.2) is 48.5 Å². The predicted octanol–water partition coefficient (Wildman–Crippen LogP) is 3.72. The molecule has 4 rings (SSSR count). The number of carbonyl (C=O) groups is 1. The van der Waals surface area contributed by atoms with Gasteiger partial charge in [0.05, 0.1) is 0 Å². The molecule has 0 aliphatic carbocycles. The highest BCUT2D eigenvalue weighted by Crippen LogP contribution is 2.22. The maximum absolute atomic E-state index is 12.5. The van der Waals surface area contributed by atoms with E-state index >= 15 is 0 Å². The topological polar surface area (TPSA) is 81.8 Å². The molecule has 184 valence electrons. The Kier molecular flexibility index (Phi) is 8.45. The fraction of sp³-hybridized carbons (Fsp3) is 0.500. The van der Waals surface area contributed by atoms with Crippen molar-refractivity contribution in [1.82, 2.24) is 10.2 Å². The predicted molar refractivity (Wildman–Crippen MR) is 137 cm³/mol. The SMILES string of the molecule is O=C(CS(=O)(=O)Nc1ccc(N2CCCCC2)cc1)NCc1ccccc1CN1CCCCC1. The lowest BCUT2D eigenvalue weighted by molar-refractivity contribution is -0.118. The summed E-state index contributed by atoms with van der Waals surface area (Å²) in [5, 5.41) is 2.79. The summed E-state index contributed by atoms with van der Waals surface area (Å²) in [5.74, 6) is -1.11. The number of amides is 1. The van der Waals surface area contributed by atoms with Crippen molar-refractivity contribution in [2.75, 3.05) is 41.6 Å². The summed E-state index contributed by atoms with van der Waals surface area (Å²) in [7, 11) is -3.79. The highest BCUT2D eigenvalue weighted by atomic mass is 32.2. The van der Waals surface area contributed by atoms with E-state index in [0.29, 0.717) is 12.2 Å². The maximum Gasteiger partial charge on any atom is 0.241 e. The van der Waals surface area contributed by atoms with Gasteiger partial charge in [0.15, 0.2) is 0 Å². The Labute approximate surface area is 203 Å². The van der Waals surface area contributed by atoms with Crippen molar-refractivity contribution in [1.29, 1.82) is 0 Å². The molecular formula is C26H36N4O3S. The van der Waals surface area contributed by atoms with Gasteiger partial charge >= 0.3 is 0 Å². The van der Waals surface area contributed by atoms with Gasteiger partial charge in [-0.2, -0.15) is 0 Å². The number of benzene rings is 2. The third-order valence-electron chi connectivity index (χ3n) is 6.62. The van der Waals surface area contributed by atoms with Crippen LogP contribution in [0, 0.1) is 0 Å². The summed E-state index contributed by atoms with van der Waals surface area (Å²) in [4.78, 5) is 17.2. The summed E-state index contributed by atoms with van der Waals surface area (Å²) < 4.78 is 27.6. The molecule has 0 bridgehead atoms. The molecule has 8 heteroatoms. The summed E-state index contributed by atoms with van der Waals surface area (Å²) >= 11 is 0. The lowest BCUT2D eigenvalue weighted by Gasteiger charge is -2.28. The molecule has 2 fully saturated rings. The molecular weight excluding hydrogens is 448 g/mol. The first kappa shape index (κ1) is 24.5. The number of anilines is 2. The fourth-order valence-electron chi connectivity index (χ4n) is 4.77. The Hall–Kier alpha value is -2.58. The van der Waals surface area contributed by atoms with E-state index in [2.05, 4.69) is 25.9 Å². The van der Waals surface area contributed by atoms with Crippen LogP contribution in [0.2, 0.25) is 0 Å². The number of hydrogen-bond donors (Lipinski definition) is 2. The third kappa shape index (κ3) is 7.21. The van der Waals surface area contributed by atoms with Crippen LogP contribution in [-0.2, 0) is 27.9 Å². The Morgan fingerprint density at radius 3 is 2.09 bits per heavy atom. The van der Waals surface area contributed by atoms with Crippen molar-refractivity contribution in [2.45, 2.75) is 51.6 Å². The van der Waals surface area contributed by atoms with Gasteiger partial charge in [0.1, 0.15) is 5.75 Å². The van der Waals surface area contributed by atoms with Crippen LogP contribution in [0.1, 0.15) is 49.7 Å². The molecule has 34 heavy (non-hydrogen) atoms. The van der Waals surface area contributed by atoms with Crippen LogP contribution >= 0.6 is 0 Å². The molecule has 1 amide bonds. The van der Waals surface area contributed by atoms with Gasteiger partial charge in [-0.1, -0.05) is 30.7 Å². The molecule has 0 saturated carbocycles. The third-order valence-corrected chi connectivity index (χ3v) is 7.81. The molecule has 2 aliphatic heterocycles. The van der Waals surface area contributed by atoms with Crippen LogP contribution in [-0.4, -0.2) is 51.2 Å². The van der Waals surface area contributed by atoms with Crippen LogP contribution < -0.4 is 14.9 Å². The lowest BCUT2D eigenvalue weighted by Crippen LogP contribution is -2.33. The zero-order valence-corrected chi connectivity index (χ0v) is 20.7. The molecule has 0 radical (unpaired) electrons. The van der Waals surface area contributed by atoms with Gasteiger partial charge in [0.25, 0.3) is 0 Å². The monoisotopic (exact) mass is 484 g/mol. The quantitative estimate of drug-likeness (QED) is 0.567. The second-order valence-electron chi connectivity index (χ2n) is 9.34. The van der Waals surface area contributed by atoms with Gasteiger partial charge in [-0.25, -0.2) is 8.42 Å².